The second-order valence-corrected chi connectivity index (χ2v) is 7.19. The summed E-state index contributed by atoms with van der Waals surface area (Å²) < 4.78 is 5.81. The molecule has 1 aliphatic carbocycles. The minimum absolute atomic E-state index is 0.0337. The van der Waals surface area contributed by atoms with Crippen molar-refractivity contribution in [1.82, 2.24) is 9.80 Å². The van der Waals surface area contributed by atoms with Crippen LogP contribution >= 0.6 is 11.6 Å². The highest BCUT2D eigenvalue weighted by molar-refractivity contribution is 6.30. The number of β-amino-alcohol motifs (C(OH)–C–C–N with tert-alkyl or cyclic N) is 1. The molecular formula is C18H27ClN2O2. The molecule has 1 saturated heterocycles. The van der Waals surface area contributed by atoms with Crippen LogP contribution in [0, 0.1) is 0 Å². The molecule has 0 aromatic heterocycles. The maximum Gasteiger partial charge on any atom is 0.0900 e. The van der Waals surface area contributed by atoms with E-state index in [1.54, 1.807) is 0 Å². The third-order valence-corrected chi connectivity index (χ3v) is 5.07. The van der Waals surface area contributed by atoms with Gasteiger partial charge in [0.2, 0.25) is 0 Å². The van der Waals surface area contributed by atoms with Crippen molar-refractivity contribution in [3.05, 3.63) is 34.9 Å². The lowest BCUT2D eigenvalue weighted by atomic mass is 10.1. The molecule has 3 rings (SSSR count). The molecule has 0 spiro atoms. The summed E-state index contributed by atoms with van der Waals surface area (Å²) in [5.74, 6) is 0. The average molecular weight is 339 g/mol. The van der Waals surface area contributed by atoms with Crippen LogP contribution in [-0.2, 0) is 4.74 Å². The van der Waals surface area contributed by atoms with Crippen LogP contribution in [0.15, 0.2) is 24.3 Å². The Kier molecular flexibility index (Phi) is 5.94. The van der Waals surface area contributed by atoms with Crippen molar-refractivity contribution in [1.29, 1.82) is 0 Å². The lowest BCUT2D eigenvalue weighted by molar-refractivity contribution is -0.0213. The first kappa shape index (κ1) is 17.2. The Balaban J connectivity index is 1.36. The molecule has 4 nitrogen and oxygen atoms in total. The summed E-state index contributed by atoms with van der Waals surface area (Å²) in [4.78, 5) is 4.93. The van der Waals surface area contributed by atoms with E-state index in [0.717, 1.165) is 42.8 Å². The molecule has 23 heavy (non-hydrogen) atoms. The molecule has 1 aliphatic heterocycles. The molecule has 2 aliphatic rings. The summed E-state index contributed by atoms with van der Waals surface area (Å²) >= 11 is 5.90. The largest absolute Gasteiger partial charge is 0.389 e. The summed E-state index contributed by atoms with van der Waals surface area (Å²) in [6, 6.07) is 8.53. The minimum atomic E-state index is -0.433. The number of aliphatic hydroxyl groups excluding tert-OH is 1. The van der Waals surface area contributed by atoms with E-state index in [2.05, 4.69) is 9.80 Å². The Labute approximate surface area is 144 Å². The zero-order chi connectivity index (χ0) is 16.2. The molecule has 128 valence electrons. The van der Waals surface area contributed by atoms with Gasteiger partial charge in [-0.05, 0) is 37.5 Å². The van der Waals surface area contributed by atoms with Crippen LogP contribution in [0.4, 0.5) is 0 Å². The van der Waals surface area contributed by atoms with Gasteiger partial charge in [-0.1, -0.05) is 23.7 Å². The first-order valence-electron chi connectivity index (χ1n) is 8.63. The van der Waals surface area contributed by atoms with Gasteiger partial charge in [0, 0.05) is 43.8 Å². The summed E-state index contributed by atoms with van der Waals surface area (Å²) in [6.45, 7) is 7.46. The molecule has 1 N–H and O–H groups in total. The molecule has 2 atom stereocenters. The SMILES string of the molecule is CC(OCC(O)CN1CCN(C2CC2)CC1)c1ccc(Cl)cc1. The van der Waals surface area contributed by atoms with Gasteiger partial charge >= 0.3 is 0 Å². The Hall–Kier alpha value is -0.650. The van der Waals surface area contributed by atoms with Crippen LogP contribution in [0.5, 0.6) is 0 Å². The molecule has 1 aromatic carbocycles. The fourth-order valence-corrected chi connectivity index (χ4v) is 3.31. The second kappa shape index (κ2) is 7.95. The third-order valence-electron chi connectivity index (χ3n) is 4.82. The molecule has 2 fully saturated rings. The first-order valence-corrected chi connectivity index (χ1v) is 9.01. The number of halogens is 1. The molecule has 0 bridgehead atoms. The second-order valence-electron chi connectivity index (χ2n) is 6.75. The molecule has 1 saturated carbocycles. The molecule has 0 radical (unpaired) electrons. The highest BCUT2D eigenvalue weighted by Gasteiger charge is 2.31. The van der Waals surface area contributed by atoms with Gasteiger partial charge in [-0.2, -0.15) is 0 Å². The Bertz CT molecular complexity index is 484. The highest BCUT2D eigenvalue weighted by atomic mass is 35.5. The van der Waals surface area contributed by atoms with E-state index in [9.17, 15) is 5.11 Å². The number of benzene rings is 1. The predicted molar refractivity (Wildman–Crippen MR) is 92.9 cm³/mol. The van der Waals surface area contributed by atoms with Gasteiger partial charge in [-0.3, -0.25) is 9.80 Å². The zero-order valence-corrected chi connectivity index (χ0v) is 14.6. The van der Waals surface area contributed by atoms with Crippen molar-refractivity contribution in [2.45, 2.75) is 38.0 Å². The van der Waals surface area contributed by atoms with E-state index in [4.69, 9.17) is 16.3 Å². The third kappa shape index (κ3) is 5.16. The van der Waals surface area contributed by atoms with E-state index < -0.39 is 6.10 Å². The van der Waals surface area contributed by atoms with Gasteiger partial charge in [0.15, 0.2) is 0 Å². The molecule has 1 heterocycles. The van der Waals surface area contributed by atoms with E-state index in [1.165, 1.54) is 12.8 Å². The zero-order valence-electron chi connectivity index (χ0n) is 13.8. The molecule has 2 unspecified atom stereocenters. The highest BCUT2D eigenvalue weighted by Crippen LogP contribution is 2.27. The number of ether oxygens (including phenoxy) is 1. The number of piperazine rings is 1. The van der Waals surface area contributed by atoms with Crippen molar-refractivity contribution in [3.63, 3.8) is 0 Å². The first-order chi connectivity index (χ1) is 11.1. The maximum atomic E-state index is 10.2. The van der Waals surface area contributed by atoms with Gasteiger partial charge in [0.1, 0.15) is 0 Å². The fraction of sp³-hybridized carbons (Fsp3) is 0.667. The molecule has 0 amide bonds. The van der Waals surface area contributed by atoms with E-state index >= 15 is 0 Å². The van der Waals surface area contributed by atoms with Crippen molar-refractivity contribution < 1.29 is 9.84 Å². The average Bonchev–Trinajstić information content (AvgIpc) is 3.39. The Morgan fingerprint density at radius 2 is 1.83 bits per heavy atom. The van der Waals surface area contributed by atoms with Gasteiger partial charge in [-0.25, -0.2) is 0 Å². The monoisotopic (exact) mass is 338 g/mol. The van der Waals surface area contributed by atoms with Crippen molar-refractivity contribution >= 4 is 11.6 Å². The maximum absolute atomic E-state index is 10.2. The van der Waals surface area contributed by atoms with Crippen molar-refractivity contribution in [2.75, 3.05) is 39.3 Å². The minimum Gasteiger partial charge on any atom is -0.389 e. The Morgan fingerprint density at radius 3 is 2.43 bits per heavy atom. The van der Waals surface area contributed by atoms with Gasteiger partial charge in [-0.15, -0.1) is 0 Å². The Morgan fingerprint density at radius 1 is 1.17 bits per heavy atom. The predicted octanol–water partition coefficient (Wildman–Crippen LogP) is 2.56. The van der Waals surface area contributed by atoms with Gasteiger partial charge in [0.05, 0.1) is 18.8 Å². The van der Waals surface area contributed by atoms with Crippen LogP contribution in [0.25, 0.3) is 0 Å². The summed E-state index contributed by atoms with van der Waals surface area (Å²) in [5, 5.41) is 11.0. The quantitative estimate of drug-likeness (QED) is 0.829. The normalized spacial score (nSPS) is 22.9. The standard InChI is InChI=1S/C18H27ClN2O2/c1-14(15-2-4-16(19)5-3-15)23-13-18(22)12-20-8-10-21(11-9-20)17-6-7-17/h2-5,14,17-18,22H,6-13H2,1H3. The lowest BCUT2D eigenvalue weighted by Gasteiger charge is -2.35. The van der Waals surface area contributed by atoms with Crippen LogP contribution in [0.3, 0.4) is 0 Å². The van der Waals surface area contributed by atoms with Crippen LogP contribution in [0.1, 0.15) is 31.4 Å². The van der Waals surface area contributed by atoms with Crippen LogP contribution in [0.2, 0.25) is 5.02 Å². The number of hydrogen-bond acceptors (Lipinski definition) is 4. The van der Waals surface area contributed by atoms with Gasteiger partial charge < -0.3 is 9.84 Å². The molecule has 5 heteroatoms. The van der Waals surface area contributed by atoms with E-state index in [0.29, 0.717) is 13.2 Å². The number of nitrogens with zero attached hydrogens (tertiary/aromatic N) is 2. The van der Waals surface area contributed by atoms with E-state index in [1.807, 2.05) is 31.2 Å². The number of hydrogen-bond donors (Lipinski definition) is 1. The van der Waals surface area contributed by atoms with Crippen LogP contribution in [-0.4, -0.2) is 66.4 Å². The fourth-order valence-electron chi connectivity index (χ4n) is 3.19. The summed E-state index contributed by atoms with van der Waals surface area (Å²) in [6.07, 6.45) is 2.28. The topological polar surface area (TPSA) is 35.9 Å². The summed E-state index contributed by atoms with van der Waals surface area (Å²) in [7, 11) is 0. The number of aliphatic hydroxyl groups is 1. The van der Waals surface area contributed by atoms with Crippen LogP contribution < -0.4 is 0 Å². The molecular weight excluding hydrogens is 312 g/mol. The van der Waals surface area contributed by atoms with Crippen molar-refractivity contribution in [3.8, 4) is 0 Å². The van der Waals surface area contributed by atoms with Gasteiger partial charge in [0.25, 0.3) is 0 Å². The smallest absolute Gasteiger partial charge is 0.0900 e. The lowest BCUT2D eigenvalue weighted by Crippen LogP contribution is -2.49. The molecule has 1 aromatic rings. The number of rotatable bonds is 7. The summed E-state index contributed by atoms with van der Waals surface area (Å²) in [5.41, 5.74) is 1.08. The van der Waals surface area contributed by atoms with E-state index in [-0.39, 0.29) is 6.10 Å². The van der Waals surface area contributed by atoms with Crippen molar-refractivity contribution in [2.24, 2.45) is 0 Å².